The Balaban J connectivity index is 2.32. The van der Waals surface area contributed by atoms with Crippen LogP contribution in [0, 0.1) is 0 Å². The Bertz CT molecular complexity index is 389. The van der Waals surface area contributed by atoms with Crippen LogP contribution in [-0.4, -0.2) is 26.9 Å². The van der Waals surface area contributed by atoms with Crippen LogP contribution in [0.1, 0.15) is 5.56 Å². The molecule has 1 aromatic carbocycles. The summed E-state index contributed by atoms with van der Waals surface area (Å²) in [5.74, 6) is 0.820. The van der Waals surface area contributed by atoms with Crippen molar-refractivity contribution in [3.05, 3.63) is 23.8 Å². The summed E-state index contributed by atoms with van der Waals surface area (Å²) in [5.41, 5.74) is 2.04. The van der Waals surface area contributed by atoms with Gasteiger partial charge in [0.15, 0.2) is 0 Å². The molecule has 1 aliphatic heterocycles. The van der Waals surface area contributed by atoms with Gasteiger partial charge in [0.1, 0.15) is 5.75 Å². The van der Waals surface area contributed by atoms with E-state index in [2.05, 4.69) is 0 Å². The number of carbonyl (C=O) groups excluding carboxylic acids is 1. The molecule has 0 spiro atoms. The van der Waals surface area contributed by atoms with Gasteiger partial charge in [0.25, 0.3) is 0 Å². The van der Waals surface area contributed by atoms with Crippen molar-refractivity contribution < 1.29 is 14.3 Å². The number of hydrogen-bond donors (Lipinski definition) is 0. The average Bonchev–Trinajstić information content (AvgIpc) is 2.70. The first-order chi connectivity index (χ1) is 7.26. The van der Waals surface area contributed by atoms with Gasteiger partial charge in [-0.2, -0.15) is 0 Å². The van der Waals surface area contributed by atoms with Gasteiger partial charge in [-0.15, -0.1) is 0 Å². The van der Waals surface area contributed by atoms with Crippen LogP contribution in [0.15, 0.2) is 18.2 Å². The number of nitrogens with zero attached hydrogens (tertiary/aromatic N) is 1. The summed E-state index contributed by atoms with van der Waals surface area (Å²) in [6.45, 7) is 0.676. The van der Waals surface area contributed by atoms with Crippen molar-refractivity contribution in [3.63, 3.8) is 0 Å². The summed E-state index contributed by atoms with van der Waals surface area (Å²) < 4.78 is 9.83. The van der Waals surface area contributed by atoms with E-state index in [4.69, 9.17) is 9.47 Å². The fraction of sp³-hybridized carbons (Fsp3) is 0.364. The number of amides is 1. The lowest BCUT2D eigenvalue weighted by Gasteiger charge is -2.15. The molecule has 0 aromatic heterocycles. The Labute approximate surface area is 88.4 Å². The lowest BCUT2D eigenvalue weighted by molar-refractivity contribution is 0.179. The third-order valence-electron chi connectivity index (χ3n) is 2.58. The van der Waals surface area contributed by atoms with Crippen molar-refractivity contribution in [3.8, 4) is 5.75 Å². The first-order valence-corrected chi connectivity index (χ1v) is 4.78. The quantitative estimate of drug-likeness (QED) is 0.705. The maximum atomic E-state index is 11.4. The Morgan fingerprint density at radius 2 is 2.20 bits per heavy atom. The third kappa shape index (κ3) is 1.63. The van der Waals surface area contributed by atoms with E-state index in [1.165, 1.54) is 7.11 Å². The van der Waals surface area contributed by atoms with Crippen LogP contribution in [0.5, 0.6) is 5.75 Å². The molecule has 0 radical (unpaired) electrons. The van der Waals surface area contributed by atoms with Gasteiger partial charge in [-0.25, -0.2) is 4.79 Å². The lowest BCUT2D eigenvalue weighted by Crippen LogP contribution is -2.28. The molecule has 1 heterocycles. The molecule has 0 N–H and O–H groups in total. The molecule has 0 fully saturated rings. The first kappa shape index (κ1) is 9.83. The summed E-state index contributed by atoms with van der Waals surface area (Å²) in [5, 5.41) is 0. The molecule has 1 aromatic rings. The van der Waals surface area contributed by atoms with E-state index < -0.39 is 0 Å². The number of carbonyl (C=O) groups is 1. The third-order valence-corrected chi connectivity index (χ3v) is 2.58. The second kappa shape index (κ2) is 3.81. The molecule has 4 nitrogen and oxygen atoms in total. The number of hydrogen-bond acceptors (Lipinski definition) is 3. The zero-order chi connectivity index (χ0) is 10.8. The normalized spacial score (nSPS) is 13.6. The van der Waals surface area contributed by atoms with Gasteiger partial charge in [-0.05, 0) is 30.2 Å². The Kier molecular flexibility index (Phi) is 2.49. The molecule has 1 aliphatic rings. The minimum absolute atomic E-state index is 0.307. The molecule has 15 heavy (non-hydrogen) atoms. The summed E-state index contributed by atoms with van der Waals surface area (Å²) >= 11 is 0. The largest absolute Gasteiger partial charge is 0.497 e. The fourth-order valence-electron chi connectivity index (χ4n) is 1.80. The van der Waals surface area contributed by atoms with Gasteiger partial charge in [0, 0.05) is 6.54 Å². The Morgan fingerprint density at radius 3 is 2.87 bits per heavy atom. The van der Waals surface area contributed by atoms with E-state index in [0.717, 1.165) is 23.4 Å². The maximum Gasteiger partial charge on any atom is 0.414 e. The topological polar surface area (TPSA) is 38.8 Å². The minimum atomic E-state index is -0.307. The molecular formula is C11H13NO3. The lowest BCUT2D eigenvalue weighted by atomic mass is 10.1. The molecule has 0 saturated heterocycles. The molecule has 4 heteroatoms. The van der Waals surface area contributed by atoms with Crippen molar-refractivity contribution in [2.45, 2.75) is 6.42 Å². The van der Waals surface area contributed by atoms with Gasteiger partial charge < -0.3 is 9.47 Å². The van der Waals surface area contributed by atoms with Crippen LogP contribution >= 0.6 is 0 Å². The van der Waals surface area contributed by atoms with Gasteiger partial charge in [-0.3, -0.25) is 4.90 Å². The van der Waals surface area contributed by atoms with Crippen LogP contribution in [0.25, 0.3) is 0 Å². The highest BCUT2D eigenvalue weighted by atomic mass is 16.5. The Hall–Kier alpha value is -1.71. The molecule has 2 rings (SSSR count). The van der Waals surface area contributed by atoms with Crippen molar-refractivity contribution in [2.75, 3.05) is 25.7 Å². The highest BCUT2D eigenvalue weighted by Crippen LogP contribution is 2.31. The van der Waals surface area contributed by atoms with E-state index in [-0.39, 0.29) is 6.09 Å². The highest BCUT2D eigenvalue weighted by molar-refractivity contribution is 5.90. The van der Waals surface area contributed by atoms with E-state index in [1.54, 1.807) is 12.0 Å². The molecular weight excluding hydrogens is 194 g/mol. The minimum Gasteiger partial charge on any atom is -0.497 e. The fourth-order valence-corrected chi connectivity index (χ4v) is 1.80. The van der Waals surface area contributed by atoms with Gasteiger partial charge in [-0.1, -0.05) is 0 Å². The number of anilines is 1. The maximum absolute atomic E-state index is 11.4. The van der Waals surface area contributed by atoms with E-state index >= 15 is 0 Å². The summed E-state index contributed by atoms with van der Waals surface area (Å²) in [7, 11) is 3.03. The predicted octanol–water partition coefficient (Wildman–Crippen LogP) is 1.82. The second-order valence-corrected chi connectivity index (χ2v) is 3.37. The van der Waals surface area contributed by atoms with Gasteiger partial charge >= 0.3 is 6.09 Å². The zero-order valence-corrected chi connectivity index (χ0v) is 8.82. The van der Waals surface area contributed by atoms with E-state index in [0.29, 0.717) is 6.54 Å². The monoisotopic (exact) mass is 207 g/mol. The van der Waals surface area contributed by atoms with E-state index in [9.17, 15) is 4.79 Å². The number of rotatable bonds is 1. The van der Waals surface area contributed by atoms with Crippen molar-refractivity contribution in [2.24, 2.45) is 0 Å². The SMILES string of the molecule is COC(=O)N1CCc2cc(OC)ccc21. The molecule has 0 bridgehead atoms. The smallest absolute Gasteiger partial charge is 0.414 e. The predicted molar refractivity (Wildman–Crippen MR) is 56.4 cm³/mol. The van der Waals surface area contributed by atoms with Gasteiger partial charge in [0.05, 0.1) is 19.9 Å². The standard InChI is InChI=1S/C11H13NO3/c1-14-9-3-4-10-8(7-9)5-6-12(10)11(13)15-2/h3-4,7H,5-6H2,1-2H3. The van der Waals surface area contributed by atoms with Crippen molar-refractivity contribution in [1.29, 1.82) is 0 Å². The second-order valence-electron chi connectivity index (χ2n) is 3.37. The number of methoxy groups -OCH3 is 2. The van der Waals surface area contributed by atoms with Crippen LogP contribution in [0.2, 0.25) is 0 Å². The van der Waals surface area contributed by atoms with Crippen molar-refractivity contribution >= 4 is 11.8 Å². The van der Waals surface area contributed by atoms with E-state index in [1.807, 2.05) is 18.2 Å². The molecule has 0 aliphatic carbocycles. The summed E-state index contributed by atoms with van der Waals surface area (Å²) in [4.78, 5) is 13.0. The average molecular weight is 207 g/mol. The molecule has 1 amide bonds. The number of ether oxygens (including phenoxy) is 2. The first-order valence-electron chi connectivity index (χ1n) is 4.78. The number of fused-ring (bicyclic) bond motifs is 1. The van der Waals surface area contributed by atoms with Crippen LogP contribution in [-0.2, 0) is 11.2 Å². The number of benzene rings is 1. The molecule has 0 saturated carbocycles. The Morgan fingerprint density at radius 1 is 1.40 bits per heavy atom. The van der Waals surface area contributed by atoms with Crippen LogP contribution < -0.4 is 9.64 Å². The summed E-state index contributed by atoms with van der Waals surface area (Å²) in [6.07, 6.45) is 0.542. The molecule has 0 atom stereocenters. The zero-order valence-electron chi connectivity index (χ0n) is 8.82. The summed E-state index contributed by atoms with van der Waals surface area (Å²) in [6, 6.07) is 5.69. The van der Waals surface area contributed by atoms with Crippen LogP contribution in [0.3, 0.4) is 0 Å². The van der Waals surface area contributed by atoms with Gasteiger partial charge in [0.2, 0.25) is 0 Å². The molecule has 80 valence electrons. The molecule has 0 unspecified atom stereocenters. The van der Waals surface area contributed by atoms with Crippen molar-refractivity contribution in [1.82, 2.24) is 0 Å². The highest BCUT2D eigenvalue weighted by Gasteiger charge is 2.25. The van der Waals surface area contributed by atoms with Crippen LogP contribution in [0.4, 0.5) is 10.5 Å².